The molecule has 10 nitrogen and oxygen atoms in total. The first kappa shape index (κ1) is 38.0. The van der Waals surface area contributed by atoms with Crippen molar-refractivity contribution in [2.24, 2.45) is 4.99 Å². The van der Waals surface area contributed by atoms with Gasteiger partial charge in [0, 0.05) is 40.9 Å². The van der Waals surface area contributed by atoms with E-state index in [0.29, 0.717) is 24.1 Å². The van der Waals surface area contributed by atoms with Crippen LogP contribution in [0.25, 0.3) is 5.32 Å². The molecule has 0 aromatic heterocycles. The van der Waals surface area contributed by atoms with Crippen molar-refractivity contribution in [2.45, 2.75) is 43.8 Å². The van der Waals surface area contributed by atoms with Gasteiger partial charge in [-0.2, -0.15) is 0 Å². The third kappa shape index (κ3) is 8.78. The number of para-hydroxylation sites is 1. The van der Waals surface area contributed by atoms with Crippen LogP contribution in [0, 0.1) is 11.6 Å². The number of hydrogen-bond acceptors (Lipinski definition) is 7. The van der Waals surface area contributed by atoms with E-state index in [-0.39, 0.29) is 52.5 Å². The number of ether oxygens (including phenoxy) is 1. The number of nitrogens with zero attached hydrogens (tertiary/aromatic N) is 4. The van der Waals surface area contributed by atoms with Gasteiger partial charge in [-0.25, -0.2) is 23.3 Å². The van der Waals surface area contributed by atoms with Gasteiger partial charge in [0.05, 0.1) is 24.2 Å². The Balaban J connectivity index is 0.00000523. The molecule has 0 spiro atoms. The Morgan fingerprint density at radius 3 is 2.27 bits per heavy atom. The molecule has 6 rings (SSSR count). The summed E-state index contributed by atoms with van der Waals surface area (Å²) in [7, 11) is 0. The molecule has 3 atom stereocenters. The number of carboxylic acids is 1. The van der Waals surface area contributed by atoms with E-state index in [4.69, 9.17) is 9.73 Å². The summed E-state index contributed by atoms with van der Waals surface area (Å²) in [6.07, 6.45) is 0.00391. The average Bonchev–Trinajstić information content (AvgIpc) is 3.79. The van der Waals surface area contributed by atoms with E-state index in [9.17, 15) is 33.1 Å². The maximum Gasteiger partial charge on any atom is 0.416 e. The Morgan fingerprint density at radius 2 is 1.60 bits per heavy atom. The number of carbonyl (C=O) groups is 4. The number of amides is 3. The monoisotopic (exact) mass is 751 g/mol. The second kappa shape index (κ2) is 17.3. The molecule has 1 N–H and O–H groups in total. The SMILES string of the molecule is O=C(O)[C@@H](N=C(c1ccccc1)c1ccccc1[N-]C(=O)[C@@H]1CCCN1Cc1ccccc1)[C@H](CC(=O)N1CCOC1=O)c1ccc(F)c(F)c1.[Ni]. The van der Waals surface area contributed by atoms with Crippen LogP contribution in [0.4, 0.5) is 19.3 Å². The summed E-state index contributed by atoms with van der Waals surface area (Å²) in [4.78, 5) is 60.1. The molecule has 13 heteroatoms. The third-order valence-corrected chi connectivity index (χ3v) is 9.04. The summed E-state index contributed by atoms with van der Waals surface area (Å²) < 4.78 is 33.5. The number of benzene rings is 4. The van der Waals surface area contributed by atoms with E-state index in [1.165, 1.54) is 6.07 Å². The molecule has 4 aromatic carbocycles. The number of imide groups is 1. The molecule has 0 bridgehead atoms. The molecule has 0 unspecified atom stereocenters. The number of carboxylic acid groups (broad SMARTS) is 1. The van der Waals surface area contributed by atoms with Crippen LogP contribution in [0.3, 0.4) is 0 Å². The number of likely N-dealkylation sites (tertiary alicyclic amines) is 1. The Morgan fingerprint density at radius 1 is 0.904 bits per heavy atom. The van der Waals surface area contributed by atoms with Crippen molar-refractivity contribution in [1.82, 2.24) is 9.80 Å². The summed E-state index contributed by atoms with van der Waals surface area (Å²) >= 11 is 0. The van der Waals surface area contributed by atoms with Crippen LogP contribution in [0.1, 0.15) is 47.4 Å². The van der Waals surface area contributed by atoms with Crippen LogP contribution in [-0.2, 0) is 42.2 Å². The summed E-state index contributed by atoms with van der Waals surface area (Å²) in [6, 6.07) is 25.9. The van der Waals surface area contributed by atoms with E-state index in [1.54, 1.807) is 54.6 Å². The van der Waals surface area contributed by atoms with Crippen molar-refractivity contribution in [3.05, 3.63) is 142 Å². The fraction of sp³-hybridized carbons (Fsp3) is 0.256. The van der Waals surface area contributed by atoms with Crippen LogP contribution in [-0.4, -0.2) is 76.3 Å². The number of aliphatic imine (C=N–C) groups is 1. The number of carbonyl (C=O) groups excluding carboxylic acids is 3. The van der Waals surface area contributed by atoms with Gasteiger partial charge in [0.2, 0.25) is 5.91 Å². The predicted molar refractivity (Wildman–Crippen MR) is 185 cm³/mol. The van der Waals surface area contributed by atoms with Gasteiger partial charge in [-0.3, -0.25) is 14.7 Å². The van der Waals surface area contributed by atoms with Crippen LogP contribution < -0.4 is 0 Å². The first-order valence-corrected chi connectivity index (χ1v) is 16.6. The number of aliphatic carboxylic acids is 1. The zero-order valence-corrected chi connectivity index (χ0v) is 28.8. The van der Waals surface area contributed by atoms with Gasteiger partial charge in [0.1, 0.15) is 6.61 Å². The molecule has 2 saturated heterocycles. The molecule has 3 amide bonds. The second-order valence-electron chi connectivity index (χ2n) is 12.4. The predicted octanol–water partition coefficient (Wildman–Crippen LogP) is 6.60. The molecule has 2 fully saturated rings. The quantitative estimate of drug-likeness (QED) is 0.128. The van der Waals surface area contributed by atoms with E-state index in [1.807, 2.05) is 30.3 Å². The van der Waals surface area contributed by atoms with Crippen LogP contribution in [0.2, 0.25) is 0 Å². The third-order valence-electron chi connectivity index (χ3n) is 9.04. The summed E-state index contributed by atoms with van der Waals surface area (Å²) in [5, 5.41) is 15.2. The normalized spacial score (nSPS) is 17.2. The zero-order chi connectivity index (χ0) is 35.9. The molecular weight excluding hydrogens is 717 g/mol. The number of cyclic esters (lactones) is 1. The maximum absolute atomic E-state index is 14.6. The summed E-state index contributed by atoms with van der Waals surface area (Å²) in [6.45, 7) is 1.26. The van der Waals surface area contributed by atoms with Gasteiger partial charge in [0.25, 0.3) is 0 Å². The molecular formula is C39H35F2N4NiO6-. The second-order valence-corrected chi connectivity index (χ2v) is 12.4. The van der Waals surface area contributed by atoms with E-state index in [2.05, 4.69) is 10.2 Å². The summed E-state index contributed by atoms with van der Waals surface area (Å²) in [5.74, 6) is -6.29. The standard InChI is InChI=1S/C39H36F2N4O6.Ni/c40-30-18-17-27(22-31(30)41)29(23-34(46)45-20-21-51-39(45)50)36(38(48)49)43-35(26-12-5-2-6-13-26)28-14-7-8-15-32(28)42-37(47)33-16-9-19-44(33)24-25-10-3-1-4-11-25;/h1-8,10-15,17-18,22,29,33,36H,9,16,19-21,23-24H2,(H2,42,43,47,48,49);/p-1/t29-,33+,36+;/m1./s1. The fourth-order valence-electron chi connectivity index (χ4n) is 6.50. The van der Waals surface area contributed by atoms with E-state index in [0.717, 1.165) is 35.6 Å². The van der Waals surface area contributed by atoms with Crippen molar-refractivity contribution >= 4 is 35.3 Å². The van der Waals surface area contributed by atoms with E-state index < -0.39 is 54.0 Å². The molecule has 0 saturated carbocycles. The van der Waals surface area contributed by atoms with Gasteiger partial charge in [0.15, 0.2) is 17.7 Å². The topological polar surface area (TPSA) is 131 Å². The molecule has 2 aliphatic rings. The zero-order valence-electron chi connectivity index (χ0n) is 27.8. The average molecular weight is 752 g/mol. The Hall–Kier alpha value is -5.26. The minimum absolute atomic E-state index is 0. The van der Waals surface area contributed by atoms with Crippen LogP contribution in [0.5, 0.6) is 0 Å². The first-order chi connectivity index (χ1) is 24.7. The van der Waals surface area contributed by atoms with Gasteiger partial charge in [-0.1, -0.05) is 91.0 Å². The van der Waals surface area contributed by atoms with Crippen molar-refractivity contribution < 1.29 is 54.3 Å². The molecule has 4 aromatic rings. The van der Waals surface area contributed by atoms with Crippen LogP contribution in [0.15, 0.2) is 108 Å². The number of rotatable bonds is 12. The maximum atomic E-state index is 14.6. The van der Waals surface area contributed by atoms with Crippen molar-refractivity contribution in [3.8, 4) is 0 Å². The summed E-state index contributed by atoms with van der Waals surface area (Å²) in [5.41, 5.74) is 2.33. The Bertz CT molecular complexity index is 1950. The minimum Gasteiger partial charge on any atom is -0.625 e. The minimum atomic E-state index is -1.73. The van der Waals surface area contributed by atoms with Gasteiger partial charge < -0.3 is 20.0 Å². The smallest absolute Gasteiger partial charge is 0.416 e. The van der Waals surface area contributed by atoms with E-state index >= 15 is 0 Å². The molecule has 2 aliphatic heterocycles. The Labute approximate surface area is 309 Å². The van der Waals surface area contributed by atoms with Crippen molar-refractivity contribution in [2.75, 3.05) is 19.7 Å². The molecule has 272 valence electrons. The van der Waals surface area contributed by atoms with Gasteiger partial charge in [-0.15, -0.1) is 5.69 Å². The largest absolute Gasteiger partial charge is 0.625 e. The molecule has 0 radical (unpaired) electrons. The first-order valence-electron chi connectivity index (χ1n) is 16.6. The van der Waals surface area contributed by atoms with Crippen molar-refractivity contribution in [3.63, 3.8) is 0 Å². The van der Waals surface area contributed by atoms with Gasteiger partial charge in [-0.05, 0) is 48.2 Å². The molecule has 2 heterocycles. The fourth-order valence-corrected chi connectivity index (χ4v) is 6.50. The van der Waals surface area contributed by atoms with Crippen LogP contribution >= 0.6 is 0 Å². The Kier molecular flexibility index (Phi) is 12.6. The molecule has 52 heavy (non-hydrogen) atoms. The number of hydrogen-bond donors (Lipinski definition) is 1. The number of halogens is 2. The van der Waals surface area contributed by atoms with Crippen molar-refractivity contribution in [1.29, 1.82) is 0 Å². The van der Waals surface area contributed by atoms with Gasteiger partial charge >= 0.3 is 12.1 Å². The molecule has 0 aliphatic carbocycles.